The molecule has 1 fully saturated rings. The van der Waals surface area contributed by atoms with Crippen LogP contribution in [0.2, 0.25) is 0 Å². The van der Waals surface area contributed by atoms with Crippen molar-refractivity contribution < 1.29 is 23.0 Å². The number of hydrogen-bond acceptors (Lipinski definition) is 7. The Balaban J connectivity index is 1.75. The molecule has 0 saturated heterocycles. The lowest BCUT2D eigenvalue weighted by Crippen LogP contribution is -2.09. The lowest BCUT2D eigenvalue weighted by atomic mass is 10.1. The Bertz CT molecular complexity index is 1100. The number of carbonyl (C=O) groups is 1. The first kappa shape index (κ1) is 19.7. The number of aromatic nitrogens is 3. The van der Waals surface area contributed by atoms with Crippen LogP contribution in [-0.4, -0.2) is 34.6 Å². The van der Waals surface area contributed by atoms with Gasteiger partial charge in [0.1, 0.15) is 5.69 Å². The van der Waals surface area contributed by atoms with Gasteiger partial charge in [0.05, 0.1) is 36.4 Å². The minimum absolute atomic E-state index is 0.108. The highest BCUT2D eigenvalue weighted by molar-refractivity contribution is 5.92. The minimum Gasteiger partial charge on any atom is -0.477 e. The summed E-state index contributed by atoms with van der Waals surface area (Å²) in [6.07, 6.45) is 3.83. The quantitative estimate of drug-likeness (QED) is 0.487. The van der Waals surface area contributed by atoms with Crippen molar-refractivity contribution in [3.05, 3.63) is 53.9 Å². The molecule has 154 valence electrons. The van der Waals surface area contributed by atoms with E-state index in [-0.39, 0.29) is 28.3 Å². The summed E-state index contributed by atoms with van der Waals surface area (Å²) in [5.74, 6) is -1.78. The van der Waals surface area contributed by atoms with E-state index < -0.39 is 17.7 Å². The normalized spacial score (nSPS) is 13.2. The predicted octanol–water partition coefficient (Wildman–Crippen LogP) is 3.64. The summed E-state index contributed by atoms with van der Waals surface area (Å²) < 4.78 is 39.1. The fourth-order valence-corrected chi connectivity index (χ4v) is 2.79. The molecular weight excluding hydrogens is 394 g/mol. The zero-order valence-corrected chi connectivity index (χ0v) is 16.1. The number of hydrogen-bond donors (Lipinski definition) is 1. The molecule has 0 aromatic carbocycles. The van der Waals surface area contributed by atoms with Gasteiger partial charge < -0.3 is 15.2 Å². The molecule has 0 unspecified atom stereocenters. The van der Waals surface area contributed by atoms with E-state index in [0.717, 1.165) is 20.0 Å². The van der Waals surface area contributed by atoms with Gasteiger partial charge in [-0.2, -0.15) is 4.39 Å². The molecule has 30 heavy (non-hydrogen) atoms. The molecule has 0 radical (unpaired) electrons. The second-order valence-electron chi connectivity index (χ2n) is 6.93. The average molecular weight is 412 g/mol. The van der Waals surface area contributed by atoms with Gasteiger partial charge in [-0.1, -0.05) is 0 Å². The standard InChI is InChI=1S/C21H18F2N4O3/c1-29-21(28)13-8-16(12-4-7-17(25-9-12)30-10-11-2-3-11)26-19(18(13)22)15-6-5-14(24)20(23)27-15/h4-9,11H,2-3,10,24H2,1H3. The summed E-state index contributed by atoms with van der Waals surface area (Å²) in [5.41, 5.74) is 5.24. The van der Waals surface area contributed by atoms with E-state index in [2.05, 4.69) is 19.7 Å². The SMILES string of the molecule is COC(=O)c1cc(-c2ccc(OCC3CC3)nc2)nc(-c2ccc(N)c(F)n2)c1F. The number of nitrogen functional groups attached to an aromatic ring is 1. The molecule has 4 rings (SSSR count). The topological polar surface area (TPSA) is 100 Å². The van der Waals surface area contributed by atoms with Crippen molar-refractivity contribution in [3.63, 3.8) is 0 Å². The Morgan fingerprint density at radius 1 is 1.17 bits per heavy atom. The highest BCUT2D eigenvalue weighted by Gasteiger charge is 2.23. The Morgan fingerprint density at radius 3 is 2.60 bits per heavy atom. The monoisotopic (exact) mass is 412 g/mol. The first-order chi connectivity index (χ1) is 14.5. The molecule has 9 heteroatoms. The number of carbonyl (C=O) groups excluding carboxylic acids is 1. The van der Waals surface area contributed by atoms with E-state index in [4.69, 9.17) is 10.5 Å². The maximum atomic E-state index is 15.0. The van der Waals surface area contributed by atoms with Gasteiger partial charge in [0, 0.05) is 17.8 Å². The number of halogens is 2. The summed E-state index contributed by atoms with van der Waals surface area (Å²) in [7, 11) is 1.14. The summed E-state index contributed by atoms with van der Waals surface area (Å²) in [6, 6.07) is 7.18. The van der Waals surface area contributed by atoms with Crippen LogP contribution in [0.4, 0.5) is 14.5 Å². The molecule has 0 aliphatic heterocycles. The molecule has 1 saturated carbocycles. The first-order valence-electron chi connectivity index (χ1n) is 9.26. The van der Waals surface area contributed by atoms with Crippen LogP contribution in [0.1, 0.15) is 23.2 Å². The smallest absolute Gasteiger partial charge is 0.341 e. The molecular formula is C21H18F2N4O3. The van der Waals surface area contributed by atoms with E-state index in [1.54, 1.807) is 12.1 Å². The van der Waals surface area contributed by atoms with E-state index in [1.165, 1.54) is 24.4 Å². The number of rotatable bonds is 6. The molecule has 3 aromatic heterocycles. The largest absolute Gasteiger partial charge is 0.477 e. The third-order valence-corrected chi connectivity index (χ3v) is 4.68. The second kappa shape index (κ2) is 8.02. The van der Waals surface area contributed by atoms with Crippen molar-refractivity contribution in [1.82, 2.24) is 15.0 Å². The Labute approximate surface area is 170 Å². The van der Waals surface area contributed by atoms with Gasteiger partial charge >= 0.3 is 5.97 Å². The molecule has 0 amide bonds. The van der Waals surface area contributed by atoms with E-state index >= 15 is 0 Å². The Kier molecular flexibility index (Phi) is 5.26. The molecule has 0 bridgehead atoms. The van der Waals surface area contributed by atoms with E-state index in [0.29, 0.717) is 24.0 Å². The molecule has 3 aromatic rings. The highest BCUT2D eigenvalue weighted by atomic mass is 19.1. The number of pyridine rings is 3. The number of ether oxygens (including phenoxy) is 2. The van der Waals surface area contributed by atoms with Crippen LogP contribution >= 0.6 is 0 Å². The van der Waals surface area contributed by atoms with Crippen LogP contribution in [0.15, 0.2) is 36.5 Å². The van der Waals surface area contributed by atoms with Gasteiger partial charge in [-0.05, 0) is 43.0 Å². The average Bonchev–Trinajstić information content (AvgIpc) is 3.59. The Hall–Kier alpha value is -3.62. The molecule has 3 heterocycles. The Morgan fingerprint density at radius 2 is 1.97 bits per heavy atom. The van der Waals surface area contributed by atoms with Gasteiger partial charge in [0.15, 0.2) is 5.82 Å². The summed E-state index contributed by atoms with van der Waals surface area (Å²) in [5, 5.41) is 0. The van der Waals surface area contributed by atoms with E-state index in [9.17, 15) is 13.6 Å². The summed E-state index contributed by atoms with van der Waals surface area (Å²) >= 11 is 0. The van der Waals surface area contributed by atoms with Crippen molar-refractivity contribution in [3.8, 4) is 28.5 Å². The van der Waals surface area contributed by atoms with Gasteiger partial charge in [-0.25, -0.2) is 24.1 Å². The highest BCUT2D eigenvalue weighted by Crippen LogP contribution is 2.31. The first-order valence-corrected chi connectivity index (χ1v) is 9.26. The second-order valence-corrected chi connectivity index (χ2v) is 6.93. The molecule has 1 aliphatic carbocycles. The third-order valence-electron chi connectivity index (χ3n) is 4.68. The summed E-state index contributed by atoms with van der Waals surface area (Å²) in [4.78, 5) is 24.2. The lowest BCUT2D eigenvalue weighted by molar-refractivity contribution is 0.0595. The molecule has 0 spiro atoms. The van der Waals surface area contributed by atoms with Crippen molar-refractivity contribution in [1.29, 1.82) is 0 Å². The van der Waals surface area contributed by atoms with Crippen molar-refractivity contribution >= 4 is 11.7 Å². The maximum absolute atomic E-state index is 15.0. The fraction of sp³-hybridized carbons (Fsp3) is 0.238. The van der Waals surface area contributed by atoms with Crippen LogP contribution in [0, 0.1) is 17.7 Å². The van der Waals surface area contributed by atoms with Crippen LogP contribution in [-0.2, 0) is 4.74 Å². The van der Waals surface area contributed by atoms with Crippen molar-refractivity contribution in [2.24, 2.45) is 5.92 Å². The zero-order chi connectivity index (χ0) is 21.3. The molecule has 0 atom stereocenters. The minimum atomic E-state index is -0.973. The summed E-state index contributed by atoms with van der Waals surface area (Å²) in [6.45, 7) is 0.617. The van der Waals surface area contributed by atoms with Crippen LogP contribution in [0.25, 0.3) is 22.6 Å². The zero-order valence-electron chi connectivity index (χ0n) is 16.1. The number of methoxy groups -OCH3 is 1. The fourth-order valence-electron chi connectivity index (χ4n) is 2.79. The van der Waals surface area contributed by atoms with Crippen molar-refractivity contribution in [2.75, 3.05) is 19.5 Å². The van der Waals surface area contributed by atoms with Gasteiger partial charge in [0.2, 0.25) is 11.8 Å². The molecule has 1 aliphatic rings. The number of nitrogens with zero attached hydrogens (tertiary/aromatic N) is 3. The van der Waals surface area contributed by atoms with Gasteiger partial charge in [0.25, 0.3) is 0 Å². The third kappa shape index (κ3) is 4.05. The maximum Gasteiger partial charge on any atom is 0.341 e. The number of esters is 1. The van der Waals surface area contributed by atoms with Crippen LogP contribution in [0.5, 0.6) is 5.88 Å². The van der Waals surface area contributed by atoms with E-state index in [1.807, 2.05) is 0 Å². The molecule has 2 N–H and O–H groups in total. The van der Waals surface area contributed by atoms with Gasteiger partial charge in [-0.3, -0.25) is 0 Å². The number of nitrogens with two attached hydrogens (primary N) is 1. The number of anilines is 1. The van der Waals surface area contributed by atoms with Crippen LogP contribution < -0.4 is 10.5 Å². The van der Waals surface area contributed by atoms with Gasteiger partial charge in [-0.15, -0.1) is 0 Å². The predicted molar refractivity (Wildman–Crippen MR) is 105 cm³/mol. The van der Waals surface area contributed by atoms with Crippen LogP contribution in [0.3, 0.4) is 0 Å². The molecule has 7 nitrogen and oxygen atoms in total. The van der Waals surface area contributed by atoms with Crippen molar-refractivity contribution in [2.45, 2.75) is 12.8 Å². The lowest BCUT2D eigenvalue weighted by Gasteiger charge is -2.11.